The molecule has 0 aliphatic heterocycles. The number of rotatable bonds is 7. The number of aryl methyl sites for hydroxylation is 1. The van der Waals surface area contributed by atoms with Crippen LogP contribution in [0.1, 0.15) is 39.2 Å². The second-order valence-electron chi connectivity index (χ2n) is 5.77. The Morgan fingerprint density at radius 1 is 1.24 bits per heavy atom. The van der Waals surface area contributed by atoms with Gasteiger partial charge in [0.15, 0.2) is 0 Å². The van der Waals surface area contributed by atoms with Crippen molar-refractivity contribution in [2.24, 2.45) is 0 Å². The molecule has 0 radical (unpaired) electrons. The zero-order valence-electron chi connectivity index (χ0n) is 12.8. The number of hydrogen-bond acceptors (Lipinski definition) is 2. The van der Waals surface area contributed by atoms with E-state index in [0.29, 0.717) is 6.42 Å². The molecule has 5 heteroatoms. The van der Waals surface area contributed by atoms with Crippen LogP contribution in [0.5, 0.6) is 0 Å². The average Bonchev–Trinajstić information content (AvgIpc) is 2.43. The molecule has 0 saturated carbocycles. The molecule has 0 bridgehead atoms. The van der Waals surface area contributed by atoms with E-state index in [-0.39, 0.29) is 0 Å². The highest BCUT2D eigenvalue weighted by molar-refractivity contribution is 5.82. The van der Waals surface area contributed by atoms with E-state index in [1.807, 2.05) is 44.2 Å². The van der Waals surface area contributed by atoms with Gasteiger partial charge in [0, 0.05) is 5.54 Å². The van der Waals surface area contributed by atoms with Gasteiger partial charge in [0.1, 0.15) is 6.04 Å². The number of urea groups is 1. The number of carboxylic acids is 1. The monoisotopic (exact) mass is 292 g/mol. The van der Waals surface area contributed by atoms with Crippen molar-refractivity contribution in [1.29, 1.82) is 0 Å². The number of nitrogens with one attached hydrogen (secondary N) is 2. The molecule has 1 aromatic carbocycles. The zero-order valence-corrected chi connectivity index (χ0v) is 12.8. The van der Waals surface area contributed by atoms with Crippen molar-refractivity contribution in [1.82, 2.24) is 10.6 Å². The van der Waals surface area contributed by atoms with E-state index >= 15 is 0 Å². The smallest absolute Gasteiger partial charge is 0.326 e. The maximum Gasteiger partial charge on any atom is 0.326 e. The summed E-state index contributed by atoms with van der Waals surface area (Å²) < 4.78 is 0. The molecule has 1 atom stereocenters. The second kappa shape index (κ2) is 7.67. The zero-order chi connectivity index (χ0) is 15.9. The summed E-state index contributed by atoms with van der Waals surface area (Å²) in [5, 5.41) is 14.2. The lowest BCUT2D eigenvalue weighted by atomic mass is 9.95. The third-order valence-corrected chi connectivity index (χ3v) is 3.35. The first kappa shape index (κ1) is 17.0. The first-order chi connectivity index (χ1) is 9.84. The Kier molecular flexibility index (Phi) is 6.21. The van der Waals surface area contributed by atoms with Crippen LogP contribution in [0.3, 0.4) is 0 Å². The van der Waals surface area contributed by atoms with Crippen molar-refractivity contribution < 1.29 is 14.7 Å². The molecule has 21 heavy (non-hydrogen) atoms. The SMILES string of the molecule is CCC(NC(=O)NC(C)(C)CCc1ccccc1)C(=O)O. The van der Waals surface area contributed by atoms with E-state index in [2.05, 4.69) is 10.6 Å². The fourth-order valence-electron chi connectivity index (χ4n) is 2.00. The lowest BCUT2D eigenvalue weighted by Gasteiger charge is -2.27. The maximum atomic E-state index is 11.9. The van der Waals surface area contributed by atoms with Gasteiger partial charge in [-0.15, -0.1) is 0 Å². The highest BCUT2D eigenvalue weighted by atomic mass is 16.4. The number of benzene rings is 1. The van der Waals surface area contributed by atoms with Gasteiger partial charge < -0.3 is 15.7 Å². The van der Waals surface area contributed by atoms with E-state index in [4.69, 9.17) is 5.11 Å². The maximum absolute atomic E-state index is 11.9. The topological polar surface area (TPSA) is 78.4 Å². The summed E-state index contributed by atoms with van der Waals surface area (Å²) in [5.41, 5.74) is 0.807. The number of hydrogen-bond donors (Lipinski definition) is 3. The van der Waals surface area contributed by atoms with E-state index in [0.717, 1.165) is 12.8 Å². The Hall–Kier alpha value is -2.04. The molecule has 0 aliphatic rings. The molecule has 0 aliphatic carbocycles. The molecule has 0 aromatic heterocycles. The van der Waals surface area contributed by atoms with Gasteiger partial charge in [-0.05, 0) is 38.7 Å². The number of carbonyl (C=O) groups excluding carboxylic acids is 1. The lowest BCUT2D eigenvalue weighted by molar-refractivity contribution is -0.139. The van der Waals surface area contributed by atoms with Gasteiger partial charge in [0.05, 0.1) is 0 Å². The molecule has 1 aromatic rings. The summed E-state index contributed by atoms with van der Waals surface area (Å²) in [6, 6.07) is 8.75. The molecule has 0 saturated heterocycles. The Morgan fingerprint density at radius 3 is 2.38 bits per heavy atom. The van der Waals surface area contributed by atoms with Crippen LogP contribution in [0.25, 0.3) is 0 Å². The highest BCUT2D eigenvalue weighted by Gasteiger charge is 2.23. The van der Waals surface area contributed by atoms with Gasteiger partial charge in [0.2, 0.25) is 0 Å². The molecule has 0 fully saturated rings. The number of aliphatic carboxylic acids is 1. The Labute approximate surface area is 125 Å². The minimum absolute atomic E-state index is 0.354. The summed E-state index contributed by atoms with van der Waals surface area (Å²) in [7, 11) is 0. The van der Waals surface area contributed by atoms with Gasteiger partial charge in [-0.1, -0.05) is 37.3 Å². The van der Waals surface area contributed by atoms with Gasteiger partial charge in [-0.25, -0.2) is 9.59 Å². The predicted octanol–water partition coefficient (Wildman–Crippen LogP) is 2.56. The summed E-state index contributed by atoms with van der Waals surface area (Å²) in [6.07, 6.45) is 1.98. The summed E-state index contributed by atoms with van der Waals surface area (Å²) in [4.78, 5) is 22.8. The van der Waals surface area contributed by atoms with Crippen LogP contribution in [0.4, 0.5) is 4.79 Å². The van der Waals surface area contributed by atoms with Crippen LogP contribution in [0.2, 0.25) is 0 Å². The summed E-state index contributed by atoms with van der Waals surface area (Å²) >= 11 is 0. The Morgan fingerprint density at radius 2 is 1.86 bits per heavy atom. The molecule has 3 N–H and O–H groups in total. The first-order valence-corrected chi connectivity index (χ1v) is 7.19. The van der Waals surface area contributed by atoms with Crippen molar-refractivity contribution in [2.75, 3.05) is 0 Å². The summed E-state index contributed by atoms with van der Waals surface area (Å²) in [5.74, 6) is -1.02. The fraction of sp³-hybridized carbons (Fsp3) is 0.500. The van der Waals surface area contributed by atoms with Gasteiger partial charge in [-0.2, -0.15) is 0 Å². The largest absolute Gasteiger partial charge is 0.480 e. The van der Waals surface area contributed by atoms with Crippen molar-refractivity contribution in [2.45, 2.75) is 51.6 Å². The van der Waals surface area contributed by atoms with Crippen LogP contribution in [-0.2, 0) is 11.2 Å². The molecule has 0 spiro atoms. The lowest BCUT2D eigenvalue weighted by Crippen LogP contribution is -2.52. The van der Waals surface area contributed by atoms with Crippen LogP contribution in [0, 0.1) is 0 Å². The van der Waals surface area contributed by atoms with Gasteiger partial charge in [-0.3, -0.25) is 0 Å². The molecule has 0 heterocycles. The highest BCUT2D eigenvalue weighted by Crippen LogP contribution is 2.13. The van der Waals surface area contributed by atoms with Crippen molar-refractivity contribution in [3.05, 3.63) is 35.9 Å². The van der Waals surface area contributed by atoms with Crippen molar-refractivity contribution in [3.8, 4) is 0 Å². The van der Waals surface area contributed by atoms with Crippen molar-refractivity contribution >= 4 is 12.0 Å². The minimum Gasteiger partial charge on any atom is -0.480 e. The fourth-order valence-corrected chi connectivity index (χ4v) is 2.00. The normalized spacial score (nSPS) is 12.5. The molecule has 116 valence electrons. The average molecular weight is 292 g/mol. The second-order valence-corrected chi connectivity index (χ2v) is 5.77. The first-order valence-electron chi connectivity index (χ1n) is 7.19. The molecular weight excluding hydrogens is 268 g/mol. The molecule has 1 unspecified atom stereocenters. The van der Waals surface area contributed by atoms with Gasteiger partial charge in [0.25, 0.3) is 0 Å². The quantitative estimate of drug-likeness (QED) is 0.722. The van der Waals surface area contributed by atoms with E-state index in [9.17, 15) is 9.59 Å². The van der Waals surface area contributed by atoms with Crippen molar-refractivity contribution in [3.63, 3.8) is 0 Å². The predicted molar refractivity (Wildman–Crippen MR) is 82.2 cm³/mol. The third-order valence-electron chi connectivity index (χ3n) is 3.35. The van der Waals surface area contributed by atoms with E-state index in [1.54, 1.807) is 6.92 Å². The van der Waals surface area contributed by atoms with E-state index in [1.165, 1.54) is 5.56 Å². The third kappa shape index (κ3) is 6.29. The van der Waals surface area contributed by atoms with Crippen LogP contribution >= 0.6 is 0 Å². The van der Waals surface area contributed by atoms with Crippen LogP contribution in [0.15, 0.2) is 30.3 Å². The number of carbonyl (C=O) groups is 2. The van der Waals surface area contributed by atoms with E-state index < -0.39 is 23.6 Å². The Bertz CT molecular complexity index is 472. The van der Waals surface area contributed by atoms with Gasteiger partial charge >= 0.3 is 12.0 Å². The minimum atomic E-state index is -1.02. The summed E-state index contributed by atoms with van der Waals surface area (Å²) in [6.45, 7) is 5.58. The number of carboxylic acid groups (broad SMARTS) is 1. The molecular formula is C16H24N2O3. The molecule has 2 amide bonds. The number of amides is 2. The van der Waals surface area contributed by atoms with Crippen LogP contribution in [-0.4, -0.2) is 28.7 Å². The standard InChI is InChI=1S/C16H24N2O3/c1-4-13(14(19)20)17-15(21)18-16(2,3)11-10-12-8-6-5-7-9-12/h5-9,13H,4,10-11H2,1-3H3,(H,19,20)(H2,17,18,21). The molecule has 5 nitrogen and oxygen atoms in total. The van der Waals surface area contributed by atoms with Crippen LogP contribution < -0.4 is 10.6 Å². The molecule has 1 rings (SSSR count). The Balaban J connectivity index is 2.47.